The van der Waals surface area contributed by atoms with Gasteiger partial charge in [0.2, 0.25) is 0 Å². The lowest BCUT2D eigenvalue weighted by atomic mass is 10.1. The van der Waals surface area contributed by atoms with E-state index in [0.717, 1.165) is 5.56 Å². The van der Waals surface area contributed by atoms with Crippen molar-refractivity contribution in [3.05, 3.63) is 60.6 Å². The molecule has 0 radical (unpaired) electrons. The monoisotopic (exact) mass is 461 g/mol. The van der Waals surface area contributed by atoms with Gasteiger partial charge in [-0.3, -0.25) is 4.79 Å². The highest BCUT2D eigenvalue weighted by atomic mass is 35.5. The van der Waals surface area contributed by atoms with Crippen molar-refractivity contribution in [3.63, 3.8) is 0 Å². The van der Waals surface area contributed by atoms with Crippen LogP contribution in [-0.4, -0.2) is 51.0 Å². The molecule has 3 aromatic rings. The zero-order chi connectivity index (χ0) is 22.7. The summed E-state index contributed by atoms with van der Waals surface area (Å²) < 4.78 is 29.7. The first-order chi connectivity index (χ1) is 15.3. The Balaban J connectivity index is 1.57. The average Bonchev–Trinajstić information content (AvgIpc) is 3.20. The molecule has 11 heteroatoms. The second-order valence-electron chi connectivity index (χ2n) is 7.14. The van der Waals surface area contributed by atoms with Crippen LogP contribution in [-0.2, 0) is 0 Å². The van der Waals surface area contributed by atoms with Crippen LogP contribution in [0.3, 0.4) is 0 Å². The van der Waals surface area contributed by atoms with Gasteiger partial charge in [-0.2, -0.15) is 10.2 Å². The number of β-amino-alcohol motifs (C(OH)–C–C–N with tert-alkyl or cyclic N) is 1. The molecular formula is C21H18ClF2N5O3. The molecular weight excluding hydrogens is 444 g/mol. The number of benzene rings is 1. The number of hydrogen-bond acceptors (Lipinski definition) is 7. The molecule has 32 heavy (non-hydrogen) atoms. The van der Waals surface area contributed by atoms with Gasteiger partial charge in [0, 0.05) is 47.7 Å². The molecule has 166 valence electrons. The summed E-state index contributed by atoms with van der Waals surface area (Å²) in [5.74, 6) is 0.0500. The van der Waals surface area contributed by atoms with Crippen LogP contribution >= 0.6 is 11.6 Å². The molecule has 0 saturated carbocycles. The fraction of sp³-hybridized carbons (Fsp3) is 0.238. The Kier molecular flexibility index (Phi) is 6.15. The molecule has 2 N–H and O–H groups in total. The minimum absolute atomic E-state index is 0.144. The van der Waals surface area contributed by atoms with E-state index < -0.39 is 17.6 Å². The number of carbonyl (C=O) groups excluding carboxylic acids is 1. The lowest BCUT2D eigenvalue weighted by Crippen LogP contribution is -2.23. The van der Waals surface area contributed by atoms with Crippen LogP contribution in [0.4, 0.5) is 20.3 Å². The lowest BCUT2D eigenvalue weighted by molar-refractivity contribution is -0.0964. The van der Waals surface area contributed by atoms with Crippen LogP contribution in [0.25, 0.3) is 11.1 Å². The summed E-state index contributed by atoms with van der Waals surface area (Å²) in [6.45, 7) is 1.08. The van der Waals surface area contributed by atoms with Gasteiger partial charge in [0.25, 0.3) is 5.91 Å². The minimum atomic E-state index is -3.82. The number of nitrogens with one attached hydrogen (secondary N) is 1. The Morgan fingerprint density at radius 1 is 1.22 bits per heavy atom. The summed E-state index contributed by atoms with van der Waals surface area (Å²) in [5.41, 5.74) is -1.76. The molecule has 1 aromatic carbocycles. The highest BCUT2D eigenvalue weighted by Gasteiger charge is 2.27. The van der Waals surface area contributed by atoms with Gasteiger partial charge in [0.05, 0.1) is 24.1 Å². The van der Waals surface area contributed by atoms with Crippen LogP contribution in [0.2, 0.25) is 0 Å². The third kappa shape index (κ3) is 5.27. The Morgan fingerprint density at radius 3 is 2.62 bits per heavy atom. The largest absolute Gasteiger partial charge is 0.487 e. The van der Waals surface area contributed by atoms with Crippen molar-refractivity contribution >= 4 is 29.0 Å². The highest BCUT2D eigenvalue weighted by Crippen LogP contribution is 2.32. The molecule has 1 amide bonds. The second kappa shape index (κ2) is 9.01. The van der Waals surface area contributed by atoms with Gasteiger partial charge in [-0.25, -0.2) is 4.98 Å². The van der Waals surface area contributed by atoms with Gasteiger partial charge in [-0.05, 0) is 42.8 Å². The fourth-order valence-electron chi connectivity index (χ4n) is 3.37. The highest BCUT2D eigenvalue weighted by molar-refractivity contribution is 6.20. The van der Waals surface area contributed by atoms with Gasteiger partial charge in [0.15, 0.2) is 0 Å². The standard InChI is InChI=1S/C21H18ClF2N5O3/c22-21(23,24)32-17-3-1-15(2-4-17)28-20(31)14-9-18(13-5-7-26-27-11-13)19(25-10-14)29-8-6-16(30)12-29/h1-5,7,9-11,16,30H,6,8,12H2,(H,28,31). The Morgan fingerprint density at radius 2 is 2.00 bits per heavy atom. The van der Waals surface area contributed by atoms with Crippen molar-refractivity contribution in [1.82, 2.24) is 15.2 Å². The number of anilines is 2. The van der Waals surface area contributed by atoms with Crippen LogP contribution in [0.5, 0.6) is 5.75 Å². The predicted octanol–water partition coefficient (Wildman–Crippen LogP) is 3.53. The van der Waals surface area contributed by atoms with Crippen molar-refractivity contribution in [2.45, 2.75) is 18.1 Å². The number of alkyl halides is 3. The summed E-state index contributed by atoms with van der Waals surface area (Å²) in [6, 6.07) is 8.80. The molecule has 1 aliphatic rings. The van der Waals surface area contributed by atoms with Crippen molar-refractivity contribution in [3.8, 4) is 16.9 Å². The summed E-state index contributed by atoms with van der Waals surface area (Å²) in [7, 11) is 0. The summed E-state index contributed by atoms with van der Waals surface area (Å²) in [4.78, 5) is 19.2. The average molecular weight is 462 g/mol. The van der Waals surface area contributed by atoms with Crippen molar-refractivity contribution in [1.29, 1.82) is 0 Å². The number of aliphatic hydroxyl groups is 1. The predicted molar refractivity (Wildman–Crippen MR) is 114 cm³/mol. The van der Waals surface area contributed by atoms with E-state index in [-0.39, 0.29) is 11.3 Å². The van der Waals surface area contributed by atoms with Crippen molar-refractivity contribution in [2.75, 3.05) is 23.3 Å². The van der Waals surface area contributed by atoms with Crippen molar-refractivity contribution in [2.24, 2.45) is 0 Å². The maximum atomic E-state index is 12.8. The third-order valence-corrected chi connectivity index (χ3v) is 4.91. The molecule has 3 heterocycles. The van der Waals surface area contributed by atoms with Crippen LogP contribution in [0.1, 0.15) is 16.8 Å². The molecule has 0 bridgehead atoms. The Bertz CT molecular complexity index is 1100. The number of nitrogens with zero attached hydrogens (tertiary/aromatic N) is 4. The van der Waals surface area contributed by atoms with E-state index in [1.165, 1.54) is 30.5 Å². The molecule has 1 unspecified atom stereocenters. The van der Waals surface area contributed by atoms with E-state index in [2.05, 4.69) is 25.2 Å². The summed E-state index contributed by atoms with van der Waals surface area (Å²) >= 11 is 4.75. The Hall–Kier alpha value is -3.37. The lowest BCUT2D eigenvalue weighted by Gasteiger charge is -2.21. The fourth-order valence-corrected chi connectivity index (χ4v) is 3.46. The van der Waals surface area contributed by atoms with E-state index in [0.29, 0.717) is 36.6 Å². The molecule has 0 aliphatic carbocycles. The van der Waals surface area contributed by atoms with E-state index in [4.69, 9.17) is 11.6 Å². The van der Waals surface area contributed by atoms with Gasteiger partial charge in [-0.15, -0.1) is 8.78 Å². The molecule has 1 aliphatic heterocycles. The Labute approximate surface area is 186 Å². The van der Waals surface area contributed by atoms with Gasteiger partial charge >= 0.3 is 5.57 Å². The number of aliphatic hydroxyl groups excluding tert-OH is 1. The first-order valence-corrected chi connectivity index (χ1v) is 10.0. The van der Waals surface area contributed by atoms with Gasteiger partial charge in [-0.1, -0.05) is 0 Å². The zero-order valence-corrected chi connectivity index (χ0v) is 17.3. The molecule has 8 nitrogen and oxygen atoms in total. The van der Waals surface area contributed by atoms with Gasteiger partial charge < -0.3 is 20.1 Å². The van der Waals surface area contributed by atoms with E-state index in [1.807, 2.05) is 4.90 Å². The smallest absolute Gasteiger partial charge is 0.420 e. The molecule has 2 aromatic heterocycles. The molecule has 0 spiro atoms. The van der Waals surface area contributed by atoms with E-state index in [9.17, 15) is 18.7 Å². The van der Waals surface area contributed by atoms with Gasteiger partial charge in [0.1, 0.15) is 11.6 Å². The maximum absolute atomic E-state index is 12.8. The number of ether oxygens (including phenoxy) is 1. The zero-order valence-electron chi connectivity index (χ0n) is 16.6. The molecule has 4 rings (SSSR count). The van der Waals surface area contributed by atoms with E-state index >= 15 is 0 Å². The maximum Gasteiger partial charge on any atom is 0.487 e. The first kappa shape index (κ1) is 21.8. The number of amides is 1. The summed E-state index contributed by atoms with van der Waals surface area (Å²) in [6.07, 6.45) is 4.75. The van der Waals surface area contributed by atoms with Crippen LogP contribution < -0.4 is 15.0 Å². The topological polar surface area (TPSA) is 100 Å². The third-order valence-electron chi connectivity index (χ3n) is 4.83. The first-order valence-electron chi connectivity index (χ1n) is 9.66. The quantitative estimate of drug-likeness (QED) is 0.541. The van der Waals surface area contributed by atoms with E-state index in [1.54, 1.807) is 24.5 Å². The number of rotatable bonds is 6. The summed E-state index contributed by atoms with van der Waals surface area (Å²) in [5, 5.41) is 20.3. The number of aromatic nitrogens is 3. The number of hydrogen-bond donors (Lipinski definition) is 2. The number of pyridine rings is 1. The molecule has 1 atom stereocenters. The van der Waals surface area contributed by atoms with Crippen LogP contribution in [0, 0.1) is 0 Å². The normalized spacial score (nSPS) is 16.1. The van der Waals surface area contributed by atoms with Crippen molar-refractivity contribution < 1.29 is 23.4 Å². The number of halogens is 3. The molecule has 1 fully saturated rings. The second-order valence-corrected chi connectivity index (χ2v) is 7.58. The molecule has 1 saturated heterocycles. The minimum Gasteiger partial charge on any atom is -0.420 e. The SMILES string of the molecule is O=C(Nc1ccc(OC(F)(F)Cl)cc1)c1cnc(N2CCC(O)C2)c(-c2ccnnc2)c1. The number of carbonyl (C=O) groups is 1. The van der Waals surface area contributed by atoms with Crippen LogP contribution in [0.15, 0.2) is 55.0 Å².